The molecule has 3 nitrogen and oxygen atoms in total. The van der Waals surface area contributed by atoms with Crippen LogP contribution in [0.2, 0.25) is 0 Å². The van der Waals surface area contributed by atoms with Crippen LogP contribution in [-0.4, -0.2) is 24.6 Å². The van der Waals surface area contributed by atoms with E-state index >= 15 is 0 Å². The number of hydrogen-bond acceptors (Lipinski definition) is 3. The second-order valence-corrected chi connectivity index (χ2v) is 5.54. The van der Waals surface area contributed by atoms with Crippen LogP contribution in [0.25, 0.3) is 0 Å². The third-order valence-electron chi connectivity index (χ3n) is 4.14. The van der Waals surface area contributed by atoms with E-state index in [2.05, 4.69) is 41.3 Å². The number of anilines is 1. The van der Waals surface area contributed by atoms with Crippen molar-refractivity contribution in [2.75, 3.05) is 18.5 Å². The van der Waals surface area contributed by atoms with E-state index in [1.54, 1.807) is 0 Å². The highest BCUT2D eigenvalue weighted by Crippen LogP contribution is 2.25. The maximum atomic E-state index is 4.43. The number of nitrogens with one attached hydrogen (secondary N) is 1. The molecule has 0 radical (unpaired) electrons. The molecule has 1 aromatic heterocycles. The lowest BCUT2D eigenvalue weighted by molar-refractivity contribution is 0.552. The highest BCUT2D eigenvalue weighted by atomic mass is 15.1. The van der Waals surface area contributed by atoms with Gasteiger partial charge in [0.1, 0.15) is 0 Å². The molecule has 0 spiro atoms. The summed E-state index contributed by atoms with van der Waals surface area (Å²) in [5, 5.41) is 3.34. The van der Waals surface area contributed by atoms with Crippen molar-refractivity contribution in [3.63, 3.8) is 0 Å². The first kappa shape index (κ1) is 14.3. The van der Waals surface area contributed by atoms with E-state index in [1.807, 2.05) is 6.20 Å². The van der Waals surface area contributed by atoms with Gasteiger partial charge in [0.2, 0.25) is 0 Å². The van der Waals surface area contributed by atoms with E-state index in [-0.39, 0.29) is 0 Å². The predicted octanol–water partition coefficient (Wildman–Crippen LogP) is 3.35. The zero-order valence-electron chi connectivity index (χ0n) is 12.4. The van der Waals surface area contributed by atoms with Gasteiger partial charge >= 0.3 is 0 Å². The number of rotatable bonds is 5. The zero-order valence-corrected chi connectivity index (χ0v) is 12.4. The van der Waals surface area contributed by atoms with E-state index in [9.17, 15) is 0 Å². The van der Waals surface area contributed by atoms with E-state index in [4.69, 9.17) is 0 Å². The molecular formula is C16H27N3. The summed E-state index contributed by atoms with van der Waals surface area (Å²) in [6.07, 6.45) is 10.2. The highest BCUT2D eigenvalue weighted by molar-refractivity contribution is 5.46. The van der Waals surface area contributed by atoms with E-state index in [1.165, 1.54) is 44.2 Å². The van der Waals surface area contributed by atoms with Crippen LogP contribution in [0.15, 0.2) is 18.3 Å². The molecule has 0 bridgehead atoms. The molecule has 1 aliphatic carbocycles. The summed E-state index contributed by atoms with van der Waals surface area (Å²) >= 11 is 0. The number of aromatic nitrogens is 1. The van der Waals surface area contributed by atoms with Crippen LogP contribution in [0.1, 0.15) is 51.1 Å². The van der Waals surface area contributed by atoms with Gasteiger partial charge in [-0.3, -0.25) is 4.98 Å². The van der Waals surface area contributed by atoms with Crippen molar-refractivity contribution in [1.82, 2.24) is 10.3 Å². The Morgan fingerprint density at radius 1 is 1.26 bits per heavy atom. The van der Waals surface area contributed by atoms with Crippen LogP contribution in [0.3, 0.4) is 0 Å². The summed E-state index contributed by atoms with van der Waals surface area (Å²) in [6, 6.07) is 5.07. The predicted molar refractivity (Wildman–Crippen MR) is 81.5 cm³/mol. The molecule has 0 amide bonds. The average molecular weight is 261 g/mol. The van der Waals surface area contributed by atoms with Crippen molar-refractivity contribution >= 4 is 5.69 Å². The molecule has 0 atom stereocenters. The average Bonchev–Trinajstić information content (AvgIpc) is 2.73. The maximum Gasteiger partial charge on any atom is 0.0562 e. The minimum absolute atomic E-state index is 0.705. The standard InChI is InChI=1S/C16H27N3/c1-3-17-13-14-12-16(10-11-18-14)19(2)15-8-6-4-5-7-9-15/h10-12,15,17H,3-9,13H2,1-2H3. The van der Waals surface area contributed by atoms with Gasteiger partial charge in [-0.25, -0.2) is 0 Å². The molecule has 3 heteroatoms. The summed E-state index contributed by atoms with van der Waals surface area (Å²) < 4.78 is 0. The summed E-state index contributed by atoms with van der Waals surface area (Å²) in [4.78, 5) is 6.89. The van der Waals surface area contributed by atoms with Gasteiger partial charge in [-0.2, -0.15) is 0 Å². The Kier molecular flexibility index (Phi) is 5.64. The molecule has 2 rings (SSSR count). The number of nitrogens with zero attached hydrogens (tertiary/aromatic N) is 2. The van der Waals surface area contributed by atoms with Gasteiger partial charge in [0, 0.05) is 31.5 Å². The lowest BCUT2D eigenvalue weighted by atomic mass is 10.1. The number of hydrogen-bond donors (Lipinski definition) is 1. The van der Waals surface area contributed by atoms with Gasteiger partial charge in [-0.1, -0.05) is 32.6 Å². The quantitative estimate of drug-likeness (QED) is 0.824. The van der Waals surface area contributed by atoms with Gasteiger partial charge in [0.15, 0.2) is 0 Å². The van der Waals surface area contributed by atoms with Crippen LogP contribution < -0.4 is 10.2 Å². The van der Waals surface area contributed by atoms with Crippen molar-refractivity contribution in [1.29, 1.82) is 0 Å². The first-order valence-electron chi connectivity index (χ1n) is 7.69. The second-order valence-electron chi connectivity index (χ2n) is 5.54. The fourth-order valence-corrected chi connectivity index (χ4v) is 2.89. The highest BCUT2D eigenvalue weighted by Gasteiger charge is 2.17. The first-order chi connectivity index (χ1) is 9.31. The van der Waals surface area contributed by atoms with Crippen molar-refractivity contribution < 1.29 is 0 Å². The van der Waals surface area contributed by atoms with Crippen LogP contribution in [0.5, 0.6) is 0 Å². The topological polar surface area (TPSA) is 28.2 Å². The lowest BCUT2D eigenvalue weighted by Crippen LogP contribution is -2.31. The van der Waals surface area contributed by atoms with E-state index in [0.717, 1.165) is 18.8 Å². The maximum absolute atomic E-state index is 4.43. The molecule has 0 unspecified atom stereocenters. The SMILES string of the molecule is CCNCc1cc(N(C)C2CCCCCC2)ccn1. The fraction of sp³-hybridized carbons (Fsp3) is 0.688. The van der Waals surface area contributed by atoms with Gasteiger partial charge in [0.25, 0.3) is 0 Å². The molecule has 1 aliphatic rings. The third kappa shape index (κ3) is 4.20. The Bertz CT molecular complexity index is 370. The number of pyridine rings is 1. The third-order valence-corrected chi connectivity index (χ3v) is 4.14. The minimum atomic E-state index is 0.705. The van der Waals surface area contributed by atoms with Crippen molar-refractivity contribution in [3.05, 3.63) is 24.0 Å². The summed E-state index contributed by atoms with van der Waals surface area (Å²) in [5.41, 5.74) is 2.45. The molecule has 106 valence electrons. The first-order valence-corrected chi connectivity index (χ1v) is 7.69. The van der Waals surface area contributed by atoms with Gasteiger partial charge < -0.3 is 10.2 Å². The van der Waals surface area contributed by atoms with Crippen molar-refractivity contribution in [2.24, 2.45) is 0 Å². The summed E-state index contributed by atoms with van der Waals surface area (Å²) in [7, 11) is 2.24. The van der Waals surface area contributed by atoms with Crippen LogP contribution in [0, 0.1) is 0 Å². The Labute approximate surface area is 117 Å². The lowest BCUT2D eigenvalue weighted by Gasteiger charge is -2.29. The molecule has 0 aliphatic heterocycles. The molecular weight excluding hydrogens is 234 g/mol. The molecule has 19 heavy (non-hydrogen) atoms. The second kappa shape index (κ2) is 7.49. The summed E-state index contributed by atoms with van der Waals surface area (Å²) in [5.74, 6) is 0. The van der Waals surface area contributed by atoms with E-state index in [0.29, 0.717) is 6.04 Å². The van der Waals surface area contributed by atoms with Crippen LogP contribution in [0.4, 0.5) is 5.69 Å². The zero-order chi connectivity index (χ0) is 13.5. The molecule has 1 fully saturated rings. The van der Waals surface area contributed by atoms with Gasteiger partial charge in [-0.15, -0.1) is 0 Å². The molecule has 0 saturated heterocycles. The molecule has 1 aromatic rings. The van der Waals surface area contributed by atoms with Crippen molar-refractivity contribution in [3.8, 4) is 0 Å². The Morgan fingerprint density at radius 2 is 2.00 bits per heavy atom. The van der Waals surface area contributed by atoms with E-state index < -0.39 is 0 Å². The Morgan fingerprint density at radius 3 is 2.68 bits per heavy atom. The minimum Gasteiger partial charge on any atom is -0.372 e. The van der Waals surface area contributed by atoms with Crippen LogP contribution >= 0.6 is 0 Å². The fourth-order valence-electron chi connectivity index (χ4n) is 2.89. The molecule has 1 N–H and O–H groups in total. The summed E-state index contributed by atoms with van der Waals surface area (Å²) in [6.45, 7) is 3.98. The van der Waals surface area contributed by atoms with Crippen LogP contribution in [-0.2, 0) is 6.54 Å². The molecule has 1 heterocycles. The van der Waals surface area contributed by atoms with Crippen molar-refractivity contribution in [2.45, 2.75) is 58.0 Å². The molecule has 1 saturated carbocycles. The molecule has 0 aromatic carbocycles. The largest absolute Gasteiger partial charge is 0.372 e. The smallest absolute Gasteiger partial charge is 0.0562 e. The normalized spacial score (nSPS) is 17.2. The Balaban J connectivity index is 2.02. The Hall–Kier alpha value is -1.09. The van der Waals surface area contributed by atoms with Gasteiger partial charge in [0.05, 0.1) is 5.69 Å². The van der Waals surface area contributed by atoms with Gasteiger partial charge in [-0.05, 0) is 31.5 Å². The monoisotopic (exact) mass is 261 g/mol.